The zero-order valence-electron chi connectivity index (χ0n) is 10.9. The summed E-state index contributed by atoms with van der Waals surface area (Å²) in [5.41, 5.74) is 8.23. The molecule has 0 fully saturated rings. The molecule has 0 saturated carbocycles. The Hall–Kier alpha value is -2.35. The van der Waals surface area contributed by atoms with Crippen LogP contribution in [0, 0.1) is 11.8 Å². The fraction of sp³-hybridized carbons (Fsp3) is 0. The maximum absolute atomic E-state index is 5.99. The fourth-order valence-electron chi connectivity index (χ4n) is 1.87. The minimum Gasteiger partial charge on any atom is -0.383 e. The van der Waals surface area contributed by atoms with Crippen molar-refractivity contribution < 1.29 is 0 Å². The third kappa shape index (κ3) is 3.05. The van der Waals surface area contributed by atoms with Crippen LogP contribution in [0.3, 0.4) is 0 Å². The monoisotopic (exact) mass is 311 g/mol. The molecule has 0 aliphatic carbocycles. The zero-order chi connectivity index (χ0) is 14.7. The lowest BCUT2D eigenvalue weighted by Crippen LogP contribution is -1.99. The highest BCUT2D eigenvalue weighted by Gasteiger charge is 2.10. The van der Waals surface area contributed by atoms with Crippen LogP contribution in [0.5, 0.6) is 0 Å². The van der Waals surface area contributed by atoms with Crippen molar-refractivity contribution in [2.24, 2.45) is 0 Å². The average Bonchev–Trinajstić information content (AvgIpc) is 3.00. The van der Waals surface area contributed by atoms with Gasteiger partial charge >= 0.3 is 0 Å². The summed E-state index contributed by atoms with van der Waals surface area (Å²) in [6.45, 7) is 0. The van der Waals surface area contributed by atoms with E-state index in [1.165, 1.54) is 6.33 Å². The van der Waals surface area contributed by atoms with Gasteiger partial charge in [-0.25, -0.2) is 9.97 Å². The molecule has 2 N–H and O–H groups in total. The minimum absolute atomic E-state index is 0.405. The van der Waals surface area contributed by atoms with E-state index in [4.69, 9.17) is 17.3 Å². The summed E-state index contributed by atoms with van der Waals surface area (Å²) in [5, 5.41) is 2.65. The number of aromatic nitrogens is 2. The first-order chi connectivity index (χ1) is 10.2. The number of halogens is 1. The van der Waals surface area contributed by atoms with Gasteiger partial charge in [0, 0.05) is 5.02 Å². The van der Waals surface area contributed by atoms with E-state index in [1.54, 1.807) is 23.5 Å². The summed E-state index contributed by atoms with van der Waals surface area (Å²) in [4.78, 5) is 9.28. The highest BCUT2D eigenvalue weighted by Crippen LogP contribution is 2.27. The smallest absolute Gasteiger partial charge is 0.135 e. The Bertz CT molecular complexity index is 815. The molecule has 0 saturated heterocycles. The summed E-state index contributed by atoms with van der Waals surface area (Å²) in [6.07, 6.45) is 1.42. The van der Waals surface area contributed by atoms with Crippen molar-refractivity contribution >= 4 is 28.8 Å². The van der Waals surface area contributed by atoms with E-state index in [2.05, 4.69) is 21.8 Å². The van der Waals surface area contributed by atoms with Crippen molar-refractivity contribution in [3.05, 3.63) is 63.7 Å². The first-order valence-corrected chi connectivity index (χ1v) is 7.42. The van der Waals surface area contributed by atoms with E-state index in [1.807, 2.05) is 29.6 Å². The number of thiophene rings is 1. The molecule has 3 rings (SSSR count). The zero-order valence-corrected chi connectivity index (χ0v) is 12.4. The molecule has 0 unspecified atom stereocenters. The molecule has 0 bridgehead atoms. The van der Waals surface area contributed by atoms with Gasteiger partial charge in [0.25, 0.3) is 0 Å². The van der Waals surface area contributed by atoms with Crippen LogP contribution >= 0.6 is 22.9 Å². The molecular weight excluding hydrogens is 302 g/mol. The number of hydrogen-bond acceptors (Lipinski definition) is 4. The van der Waals surface area contributed by atoms with E-state index >= 15 is 0 Å². The largest absolute Gasteiger partial charge is 0.383 e. The number of nitrogens with zero attached hydrogens (tertiary/aromatic N) is 2. The molecule has 0 atom stereocenters. The SMILES string of the molecule is Nc1ncnc(C#Cc2cccs2)c1-c1ccc(Cl)cc1. The van der Waals surface area contributed by atoms with Gasteiger partial charge in [-0.15, -0.1) is 11.3 Å². The minimum atomic E-state index is 0.405. The summed E-state index contributed by atoms with van der Waals surface area (Å²) < 4.78 is 0. The van der Waals surface area contributed by atoms with Crippen LogP contribution in [0.2, 0.25) is 5.02 Å². The highest BCUT2D eigenvalue weighted by molar-refractivity contribution is 7.10. The average molecular weight is 312 g/mol. The number of nitrogen functional groups attached to an aromatic ring is 1. The Morgan fingerprint density at radius 2 is 1.86 bits per heavy atom. The first-order valence-electron chi connectivity index (χ1n) is 6.16. The Kier molecular flexibility index (Phi) is 3.87. The molecule has 2 heterocycles. The molecule has 0 aliphatic heterocycles. The number of anilines is 1. The quantitative estimate of drug-likeness (QED) is 0.695. The van der Waals surface area contributed by atoms with Crippen LogP contribution in [-0.4, -0.2) is 9.97 Å². The van der Waals surface area contributed by atoms with Gasteiger partial charge in [0.2, 0.25) is 0 Å². The molecule has 102 valence electrons. The summed E-state index contributed by atoms with van der Waals surface area (Å²) in [7, 11) is 0. The molecule has 3 aromatic rings. The first kappa shape index (κ1) is 13.6. The summed E-state index contributed by atoms with van der Waals surface area (Å²) >= 11 is 7.50. The molecule has 2 aromatic heterocycles. The van der Waals surface area contributed by atoms with Crippen LogP contribution in [0.15, 0.2) is 48.1 Å². The maximum atomic E-state index is 5.99. The second-order valence-electron chi connectivity index (χ2n) is 4.22. The Morgan fingerprint density at radius 3 is 2.57 bits per heavy atom. The summed E-state index contributed by atoms with van der Waals surface area (Å²) in [5.74, 6) is 6.56. The molecule has 21 heavy (non-hydrogen) atoms. The summed E-state index contributed by atoms with van der Waals surface area (Å²) in [6, 6.07) is 11.3. The van der Waals surface area contributed by atoms with Gasteiger partial charge in [-0.3, -0.25) is 0 Å². The Morgan fingerprint density at radius 1 is 1.05 bits per heavy atom. The number of hydrogen-bond donors (Lipinski definition) is 1. The second kappa shape index (κ2) is 5.96. The number of nitrogens with two attached hydrogens (primary N) is 1. The van der Waals surface area contributed by atoms with Gasteiger partial charge in [-0.05, 0) is 41.0 Å². The maximum Gasteiger partial charge on any atom is 0.135 e. The van der Waals surface area contributed by atoms with E-state index in [9.17, 15) is 0 Å². The standard InChI is InChI=1S/C16H10ClN3S/c17-12-5-3-11(4-6-12)15-14(19-10-20-16(15)18)8-7-13-2-1-9-21-13/h1-6,9-10H,(H2,18,19,20). The van der Waals surface area contributed by atoms with Gasteiger partial charge in [0.15, 0.2) is 0 Å². The van der Waals surface area contributed by atoms with Gasteiger partial charge in [0.05, 0.1) is 10.4 Å². The lowest BCUT2D eigenvalue weighted by Gasteiger charge is -2.06. The van der Waals surface area contributed by atoms with Crippen molar-refractivity contribution in [1.29, 1.82) is 0 Å². The van der Waals surface area contributed by atoms with Gasteiger partial charge in [-0.1, -0.05) is 29.8 Å². The fourth-order valence-corrected chi connectivity index (χ4v) is 2.56. The van der Waals surface area contributed by atoms with Crippen LogP contribution in [-0.2, 0) is 0 Å². The topological polar surface area (TPSA) is 51.8 Å². The molecule has 0 radical (unpaired) electrons. The third-order valence-electron chi connectivity index (χ3n) is 2.83. The lowest BCUT2D eigenvalue weighted by molar-refractivity contribution is 1.16. The van der Waals surface area contributed by atoms with Crippen molar-refractivity contribution in [3.8, 4) is 23.0 Å². The van der Waals surface area contributed by atoms with Crippen LogP contribution in [0.1, 0.15) is 10.6 Å². The van der Waals surface area contributed by atoms with Crippen molar-refractivity contribution in [1.82, 2.24) is 9.97 Å². The van der Waals surface area contributed by atoms with Gasteiger partial charge < -0.3 is 5.73 Å². The molecule has 0 spiro atoms. The molecule has 5 heteroatoms. The molecule has 0 amide bonds. The molecular formula is C16H10ClN3S. The molecule has 0 aliphatic rings. The third-order valence-corrected chi connectivity index (χ3v) is 3.87. The van der Waals surface area contributed by atoms with Crippen LogP contribution in [0.4, 0.5) is 5.82 Å². The predicted octanol–water partition coefficient (Wildman–Crippen LogP) is 3.84. The number of rotatable bonds is 1. The van der Waals surface area contributed by atoms with Crippen molar-refractivity contribution in [2.75, 3.05) is 5.73 Å². The number of benzene rings is 1. The van der Waals surface area contributed by atoms with Crippen molar-refractivity contribution in [3.63, 3.8) is 0 Å². The Labute approximate surface area is 131 Å². The second-order valence-corrected chi connectivity index (χ2v) is 5.60. The Balaban J connectivity index is 2.09. The molecule has 1 aromatic carbocycles. The van der Waals surface area contributed by atoms with Crippen LogP contribution in [0.25, 0.3) is 11.1 Å². The van der Waals surface area contributed by atoms with E-state index < -0.39 is 0 Å². The predicted molar refractivity (Wildman–Crippen MR) is 87.2 cm³/mol. The normalized spacial score (nSPS) is 9.95. The van der Waals surface area contributed by atoms with Crippen molar-refractivity contribution in [2.45, 2.75) is 0 Å². The van der Waals surface area contributed by atoms with E-state index in [-0.39, 0.29) is 0 Å². The van der Waals surface area contributed by atoms with E-state index in [0.717, 1.165) is 16.0 Å². The van der Waals surface area contributed by atoms with Gasteiger partial charge in [-0.2, -0.15) is 0 Å². The molecule has 3 nitrogen and oxygen atoms in total. The van der Waals surface area contributed by atoms with Gasteiger partial charge in [0.1, 0.15) is 17.8 Å². The lowest BCUT2D eigenvalue weighted by atomic mass is 10.0. The van der Waals surface area contributed by atoms with Crippen LogP contribution < -0.4 is 5.73 Å². The van der Waals surface area contributed by atoms with E-state index in [0.29, 0.717) is 16.5 Å². The highest BCUT2D eigenvalue weighted by atomic mass is 35.5.